The van der Waals surface area contributed by atoms with Crippen LogP contribution < -0.4 is 4.74 Å². The lowest BCUT2D eigenvalue weighted by Gasteiger charge is -2.11. The number of hydrogen-bond acceptors (Lipinski definition) is 3. The average Bonchev–Trinajstić information content (AvgIpc) is 2.54. The highest BCUT2D eigenvalue weighted by Gasteiger charge is 2.18. The molecule has 0 aliphatic heterocycles. The summed E-state index contributed by atoms with van der Waals surface area (Å²) < 4.78 is 10.3. The third kappa shape index (κ3) is 3.56. The number of rotatable bonds is 5. The molecule has 2 rings (SSSR count). The van der Waals surface area contributed by atoms with Gasteiger partial charge in [-0.1, -0.05) is 42.5 Å². The number of hydrogen-bond donors (Lipinski definition) is 0. The van der Waals surface area contributed by atoms with Crippen molar-refractivity contribution in [1.29, 1.82) is 0 Å². The molecule has 0 radical (unpaired) electrons. The zero-order chi connectivity index (χ0) is 15.2. The van der Waals surface area contributed by atoms with Gasteiger partial charge in [-0.3, -0.25) is 4.79 Å². The molecule has 0 aliphatic carbocycles. The van der Waals surface area contributed by atoms with Gasteiger partial charge in [0.05, 0.1) is 13.7 Å². The van der Waals surface area contributed by atoms with Gasteiger partial charge in [0.1, 0.15) is 5.75 Å². The van der Waals surface area contributed by atoms with Gasteiger partial charge in [-0.05, 0) is 24.1 Å². The van der Waals surface area contributed by atoms with Crippen molar-refractivity contribution in [1.82, 2.24) is 0 Å². The van der Waals surface area contributed by atoms with Crippen molar-refractivity contribution in [2.75, 3.05) is 13.7 Å². The number of para-hydroxylation sites is 1. The fourth-order valence-electron chi connectivity index (χ4n) is 2.07. The highest BCUT2D eigenvalue weighted by atomic mass is 35.5. The molecule has 0 aromatic heterocycles. The van der Waals surface area contributed by atoms with Crippen LogP contribution in [0.25, 0.3) is 11.1 Å². The Hall–Kier alpha value is -2.00. The highest BCUT2D eigenvalue weighted by Crippen LogP contribution is 2.31. The third-order valence-corrected chi connectivity index (χ3v) is 3.55. The van der Waals surface area contributed by atoms with E-state index in [1.165, 1.54) is 0 Å². The van der Waals surface area contributed by atoms with Gasteiger partial charge < -0.3 is 9.47 Å². The smallest absolute Gasteiger partial charge is 0.328 e. The lowest BCUT2D eigenvalue weighted by atomic mass is 10.0. The van der Waals surface area contributed by atoms with Crippen LogP contribution in [0.5, 0.6) is 5.75 Å². The molecule has 0 aliphatic rings. The summed E-state index contributed by atoms with van der Waals surface area (Å²) in [5.41, 5.74) is 2.71. The summed E-state index contributed by atoms with van der Waals surface area (Å²) >= 11 is 6.09. The van der Waals surface area contributed by atoms with E-state index in [4.69, 9.17) is 21.1 Å². The first-order valence-electron chi connectivity index (χ1n) is 6.71. The summed E-state index contributed by atoms with van der Waals surface area (Å²) in [5, 5.41) is -0.781. The fraction of sp³-hybridized carbons (Fsp3) is 0.235. The number of alkyl halides is 1. The first-order valence-corrected chi connectivity index (χ1v) is 7.15. The first kappa shape index (κ1) is 15.4. The standard InChI is InChI=1S/C17H17ClO3/c1-3-21-17(19)16(18)13-10-8-12(9-11-13)14-6-4-5-7-15(14)20-2/h4-11,16H,3H2,1-2H3. The molecule has 0 fully saturated rings. The van der Waals surface area contributed by atoms with Gasteiger partial charge in [-0.25, -0.2) is 0 Å². The second-order valence-electron chi connectivity index (χ2n) is 4.44. The molecule has 0 spiro atoms. The van der Waals surface area contributed by atoms with E-state index >= 15 is 0 Å². The molecule has 0 saturated carbocycles. The summed E-state index contributed by atoms with van der Waals surface area (Å²) in [6.07, 6.45) is 0. The van der Waals surface area contributed by atoms with Gasteiger partial charge in [-0.2, -0.15) is 0 Å². The van der Waals surface area contributed by atoms with E-state index in [9.17, 15) is 4.79 Å². The molecule has 4 heteroatoms. The van der Waals surface area contributed by atoms with Crippen molar-refractivity contribution in [3.05, 3.63) is 54.1 Å². The summed E-state index contributed by atoms with van der Waals surface area (Å²) in [6.45, 7) is 2.08. The monoisotopic (exact) mass is 304 g/mol. The maximum atomic E-state index is 11.6. The minimum atomic E-state index is -0.781. The number of halogens is 1. The predicted molar refractivity (Wildman–Crippen MR) is 83.7 cm³/mol. The molecular weight excluding hydrogens is 288 g/mol. The Morgan fingerprint density at radius 2 is 1.81 bits per heavy atom. The SMILES string of the molecule is CCOC(=O)C(Cl)c1ccc(-c2ccccc2OC)cc1. The van der Waals surface area contributed by atoms with Crippen LogP contribution in [0.3, 0.4) is 0 Å². The Balaban J connectivity index is 2.25. The van der Waals surface area contributed by atoms with Crippen molar-refractivity contribution < 1.29 is 14.3 Å². The zero-order valence-corrected chi connectivity index (χ0v) is 12.8. The van der Waals surface area contributed by atoms with E-state index < -0.39 is 11.3 Å². The molecule has 0 N–H and O–H groups in total. The van der Waals surface area contributed by atoms with Crippen LogP contribution in [0, 0.1) is 0 Å². The number of ether oxygens (including phenoxy) is 2. The Kier molecular flexibility index (Phi) is 5.23. The van der Waals surface area contributed by atoms with Gasteiger partial charge in [0.2, 0.25) is 0 Å². The topological polar surface area (TPSA) is 35.5 Å². The van der Waals surface area contributed by atoms with Gasteiger partial charge in [-0.15, -0.1) is 11.6 Å². The molecule has 1 atom stereocenters. The Morgan fingerprint density at radius 1 is 1.14 bits per heavy atom. The van der Waals surface area contributed by atoms with Gasteiger partial charge in [0.25, 0.3) is 0 Å². The third-order valence-electron chi connectivity index (χ3n) is 3.11. The normalized spacial score (nSPS) is 11.8. The second-order valence-corrected chi connectivity index (χ2v) is 4.87. The fourth-order valence-corrected chi connectivity index (χ4v) is 2.27. The van der Waals surface area contributed by atoms with Crippen molar-refractivity contribution in [3.63, 3.8) is 0 Å². The van der Waals surface area contributed by atoms with Crippen molar-refractivity contribution in [3.8, 4) is 16.9 Å². The van der Waals surface area contributed by atoms with E-state index in [1.807, 2.05) is 48.5 Å². The van der Waals surface area contributed by atoms with Crippen LogP contribution in [0.2, 0.25) is 0 Å². The maximum absolute atomic E-state index is 11.6. The Bertz CT molecular complexity index is 608. The lowest BCUT2D eigenvalue weighted by Crippen LogP contribution is -2.10. The molecule has 2 aromatic rings. The molecule has 0 bridgehead atoms. The van der Waals surface area contributed by atoms with E-state index in [0.717, 1.165) is 16.9 Å². The Labute approximate surface area is 129 Å². The van der Waals surface area contributed by atoms with E-state index in [-0.39, 0.29) is 0 Å². The maximum Gasteiger partial charge on any atom is 0.328 e. The van der Waals surface area contributed by atoms with Crippen LogP contribution in [0.15, 0.2) is 48.5 Å². The number of esters is 1. The number of methoxy groups -OCH3 is 1. The van der Waals surface area contributed by atoms with Crippen molar-refractivity contribution >= 4 is 17.6 Å². The Morgan fingerprint density at radius 3 is 2.43 bits per heavy atom. The van der Waals surface area contributed by atoms with Gasteiger partial charge in [0.15, 0.2) is 5.38 Å². The number of carbonyl (C=O) groups is 1. The van der Waals surface area contributed by atoms with E-state index in [1.54, 1.807) is 14.0 Å². The van der Waals surface area contributed by atoms with E-state index in [2.05, 4.69) is 0 Å². The number of benzene rings is 2. The summed E-state index contributed by atoms with van der Waals surface area (Å²) in [7, 11) is 1.64. The van der Waals surface area contributed by atoms with Crippen LogP contribution in [-0.2, 0) is 9.53 Å². The van der Waals surface area contributed by atoms with E-state index in [0.29, 0.717) is 12.2 Å². The molecule has 3 nitrogen and oxygen atoms in total. The summed E-state index contributed by atoms with van der Waals surface area (Å²) in [4.78, 5) is 11.6. The molecule has 2 aromatic carbocycles. The first-order chi connectivity index (χ1) is 10.2. The number of carbonyl (C=O) groups excluding carboxylic acids is 1. The quantitative estimate of drug-likeness (QED) is 0.613. The predicted octanol–water partition coefficient (Wildman–Crippen LogP) is 4.21. The average molecular weight is 305 g/mol. The molecular formula is C17H17ClO3. The lowest BCUT2D eigenvalue weighted by molar-refractivity contribution is -0.142. The molecule has 1 unspecified atom stereocenters. The van der Waals surface area contributed by atoms with Gasteiger partial charge >= 0.3 is 5.97 Å². The second kappa shape index (κ2) is 7.14. The zero-order valence-electron chi connectivity index (χ0n) is 12.0. The summed E-state index contributed by atoms with van der Waals surface area (Å²) in [6, 6.07) is 15.3. The minimum Gasteiger partial charge on any atom is -0.496 e. The van der Waals surface area contributed by atoms with Crippen LogP contribution in [0.1, 0.15) is 17.9 Å². The molecule has 0 amide bonds. The largest absolute Gasteiger partial charge is 0.496 e. The minimum absolute atomic E-state index is 0.321. The van der Waals surface area contributed by atoms with Gasteiger partial charge in [0, 0.05) is 5.56 Å². The molecule has 0 saturated heterocycles. The molecule has 110 valence electrons. The highest BCUT2D eigenvalue weighted by molar-refractivity contribution is 6.29. The summed E-state index contributed by atoms with van der Waals surface area (Å²) in [5.74, 6) is 0.377. The van der Waals surface area contributed by atoms with Crippen molar-refractivity contribution in [2.24, 2.45) is 0 Å². The molecule has 0 heterocycles. The molecule has 21 heavy (non-hydrogen) atoms. The van der Waals surface area contributed by atoms with Crippen LogP contribution in [0.4, 0.5) is 0 Å². The van der Waals surface area contributed by atoms with Crippen LogP contribution in [-0.4, -0.2) is 19.7 Å². The van der Waals surface area contributed by atoms with Crippen LogP contribution >= 0.6 is 11.6 Å². The van der Waals surface area contributed by atoms with Crippen molar-refractivity contribution in [2.45, 2.75) is 12.3 Å².